The number of benzene rings is 2. The fourth-order valence-corrected chi connectivity index (χ4v) is 6.10. The van der Waals surface area contributed by atoms with E-state index in [0.717, 1.165) is 37.1 Å². The van der Waals surface area contributed by atoms with E-state index in [-0.39, 0.29) is 28.2 Å². The van der Waals surface area contributed by atoms with Gasteiger partial charge in [0.1, 0.15) is 10.6 Å². The number of nitrogens with zero attached hydrogens (tertiary/aromatic N) is 2. The van der Waals surface area contributed by atoms with Crippen molar-refractivity contribution in [1.82, 2.24) is 14.5 Å². The van der Waals surface area contributed by atoms with Gasteiger partial charge in [-0.05, 0) is 43.5 Å². The molecule has 8 nitrogen and oxygen atoms in total. The van der Waals surface area contributed by atoms with Gasteiger partial charge in [-0.1, -0.05) is 29.8 Å². The Hall–Kier alpha value is -2.46. The first-order chi connectivity index (χ1) is 16.4. The maximum absolute atomic E-state index is 13.3. The quantitative estimate of drug-likeness (QED) is 0.616. The van der Waals surface area contributed by atoms with E-state index in [4.69, 9.17) is 9.47 Å². The van der Waals surface area contributed by atoms with Crippen LogP contribution in [0.25, 0.3) is 0 Å². The number of hydrogen-bond donors (Lipinski definition) is 1. The number of ether oxygens (including phenoxy) is 2. The Balaban J connectivity index is 1.59. The van der Waals surface area contributed by atoms with E-state index >= 15 is 0 Å². The Morgan fingerprint density at radius 3 is 2.38 bits per heavy atom. The van der Waals surface area contributed by atoms with Crippen LogP contribution in [-0.2, 0) is 14.8 Å². The van der Waals surface area contributed by atoms with Gasteiger partial charge in [0, 0.05) is 38.3 Å². The predicted octanol–water partition coefficient (Wildman–Crippen LogP) is 2.59. The van der Waals surface area contributed by atoms with Crippen molar-refractivity contribution in [3.05, 3.63) is 59.2 Å². The van der Waals surface area contributed by atoms with E-state index in [2.05, 4.69) is 10.2 Å². The fraction of sp³-hybridized carbons (Fsp3) is 0.480. The van der Waals surface area contributed by atoms with Gasteiger partial charge in [0.05, 0.1) is 26.4 Å². The molecule has 1 amide bonds. The van der Waals surface area contributed by atoms with Crippen LogP contribution in [0.3, 0.4) is 0 Å². The van der Waals surface area contributed by atoms with E-state index in [1.54, 1.807) is 12.1 Å². The molecule has 1 atom stereocenters. The lowest BCUT2D eigenvalue weighted by Crippen LogP contribution is -2.43. The van der Waals surface area contributed by atoms with Crippen LogP contribution in [0, 0.1) is 6.92 Å². The van der Waals surface area contributed by atoms with Crippen molar-refractivity contribution >= 4 is 15.9 Å². The number of sulfonamides is 1. The molecule has 2 aromatic carbocycles. The smallest absolute Gasteiger partial charge is 0.251 e. The number of hydrogen-bond acceptors (Lipinski definition) is 6. The van der Waals surface area contributed by atoms with Crippen molar-refractivity contribution in [2.24, 2.45) is 0 Å². The summed E-state index contributed by atoms with van der Waals surface area (Å²) in [5.41, 5.74) is 2.44. The fourth-order valence-electron chi connectivity index (χ4n) is 4.40. The van der Waals surface area contributed by atoms with Gasteiger partial charge in [-0.25, -0.2) is 8.42 Å². The average Bonchev–Trinajstić information content (AvgIpc) is 3.40. The Kier molecular flexibility index (Phi) is 7.88. The molecule has 2 aliphatic rings. The Labute approximate surface area is 201 Å². The van der Waals surface area contributed by atoms with Gasteiger partial charge in [0.15, 0.2) is 0 Å². The van der Waals surface area contributed by atoms with E-state index in [0.29, 0.717) is 32.8 Å². The highest BCUT2D eigenvalue weighted by Crippen LogP contribution is 2.30. The topological polar surface area (TPSA) is 88.2 Å². The third-order valence-electron chi connectivity index (χ3n) is 6.44. The Bertz CT molecular complexity index is 1090. The van der Waals surface area contributed by atoms with Crippen LogP contribution in [-0.4, -0.2) is 76.6 Å². The molecule has 9 heteroatoms. The molecule has 0 spiro atoms. The van der Waals surface area contributed by atoms with E-state index in [1.165, 1.54) is 17.5 Å². The molecule has 0 aromatic heterocycles. The highest BCUT2D eigenvalue weighted by atomic mass is 32.2. The maximum atomic E-state index is 13.3. The van der Waals surface area contributed by atoms with Gasteiger partial charge in [-0.15, -0.1) is 0 Å². The molecule has 0 radical (unpaired) electrons. The summed E-state index contributed by atoms with van der Waals surface area (Å²) in [4.78, 5) is 15.6. The maximum Gasteiger partial charge on any atom is 0.251 e. The first-order valence-electron chi connectivity index (χ1n) is 11.7. The van der Waals surface area contributed by atoms with Gasteiger partial charge in [0.25, 0.3) is 5.91 Å². The summed E-state index contributed by atoms with van der Waals surface area (Å²) < 4.78 is 38.7. The zero-order valence-electron chi connectivity index (χ0n) is 19.8. The van der Waals surface area contributed by atoms with Crippen molar-refractivity contribution in [3.63, 3.8) is 0 Å². The summed E-state index contributed by atoms with van der Waals surface area (Å²) in [5, 5.41) is 3.13. The molecule has 4 rings (SSSR count). The average molecular weight is 488 g/mol. The highest BCUT2D eigenvalue weighted by molar-refractivity contribution is 7.89. The van der Waals surface area contributed by atoms with Gasteiger partial charge >= 0.3 is 0 Å². The largest absolute Gasteiger partial charge is 0.495 e. The van der Waals surface area contributed by atoms with Crippen LogP contribution in [0.2, 0.25) is 0 Å². The number of rotatable bonds is 8. The molecule has 2 aliphatic heterocycles. The molecule has 184 valence electrons. The van der Waals surface area contributed by atoms with Crippen LogP contribution in [0.1, 0.15) is 40.4 Å². The highest BCUT2D eigenvalue weighted by Gasteiger charge is 2.31. The lowest BCUT2D eigenvalue weighted by Gasteiger charge is -2.31. The van der Waals surface area contributed by atoms with E-state index in [9.17, 15) is 13.2 Å². The SMILES string of the molecule is COc1ccc(C(=O)N[C@H](CN2CCOCC2)c2ccc(C)cc2)cc1S(=O)(=O)N1CCCC1. The standard InChI is InChI=1S/C25H33N3O5S/c1-19-5-7-20(8-6-19)22(18-27-13-15-33-16-14-27)26-25(29)21-9-10-23(32-2)24(17-21)34(30,31)28-11-3-4-12-28/h5-10,17,22H,3-4,11-16,18H2,1-2H3,(H,26,29)/t22-/m1/s1. The minimum Gasteiger partial charge on any atom is -0.495 e. The monoisotopic (exact) mass is 487 g/mol. The molecule has 0 saturated carbocycles. The second-order valence-electron chi connectivity index (χ2n) is 8.83. The van der Waals surface area contributed by atoms with Gasteiger partial charge < -0.3 is 14.8 Å². The van der Waals surface area contributed by atoms with Gasteiger partial charge in [0.2, 0.25) is 10.0 Å². The number of amides is 1. The van der Waals surface area contributed by atoms with Crippen LogP contribution in [0.15, 0.2) is 47.4 Å². The molecule has 2 aromatic rings. The van der Waals surface area contributed by atoms with Crippen molar-refractivity contribution in [2.45, 2.75) is 30.7 Å². The summed E-state index contributed by atoms with van der Waals surface area (Å²) in [6.07, 6.45) is 1.67. The van der Waals surface area contributed by atoms with Crippen LogP contribution < -0.4 is 10.1 Å². The van der Waals surface area contributed by atoms with Crippen molar-refractivity contribution < 1.29 is 22.7 Å². The van der Waals surface area contributed by atoms with Crippen molar-refractivity contribution in [1.29, 1.82) is 0 Å². The minimum absolute atomic E-state index is 0.0321. The van der Waals surface area contributed by atoms with E-state index < -0.39 is 10.0 Å². The van der Waals surface area contributed by atoms with Gasteiger partial charge in [-0.3, -0.25) is 9.69 Å². The Morgan fingerprint density at radius 1 is 1.06 bits per heavy atom. The number of morpholine rings is 1. The molecular formula is C25H33N3O5S. The third-order valence-corrected chi connectivity index (χ3v) is 8.36. The number of nitrogens with one attached hydrogen (secondary N) is 1. The molecule has 2 fully saturated rings. The minimum atomic E-state index is -3.74. The zero-order valence-corrected chi connectivity index (χ0v) is 20.6. The lowest BCUT2D eigenvalue weighted by molar-refractivity contribution is 0.0332. The molecule has 34 heavy (non-hydrogen) atoms. The molecule has 2 heterocycles. The number of carbonyl (C=O) groups is 1. The predicted molar refractivity (Wildman–Crippen MR) is 130 cm³/mol. The van der Waals surface area contributed by atoms with Crippen LogP contribution in [0.5, 0.6) is 5.75 Å². The van der Waals surface area contributed by atoms with Crippen LogP contribution >= 0.6 is 0 Å². The molecule has 0 aliphatic carbocycles. The number of carbonyl (C=O) groups excluding carboxylic acids is 1. The molecule has 1 N–H and O–H groups in total. The summed E-state index contributed by atoms with van der Waals surface area (Å²) in [6.45, 7) is 6.59. The molecular weight excluding hydrogens is 454 g/mol. The summed E-state index contributed by atoms with van der Waals surface area (Å²) >= 11 is 0. The summed E-state index contributed by atoms with van der Waals surface area (Å²) in [7, 11) is -2.30. The molecule has 0 unspecified atom stereocenters. The lowest BCUT2D eigenvalue weighted by atomic mass is 10.0. The van der Waals surface area contributed by atoms with Crippen molar-refractivity contribution in [3.8, 4) is 5.75 Å². The molecule has 0 bridgehead atoms. The number of aryl methyl sites for hydroxylation is 1. The van der Waals surface area contributed by atoms with Crippen LogP contribution in [0.4, 0.5) is 0 Å². The van der Waals surface area contributed by atoms with Crippen molar-refractivity contribution in [2.75, 3.05) is 53.0 Å². The second-order valence-corrected chi connectivity index (χ2v) is 10.7. The second kappa shape index (κ2) is 10.9. The number of methoxy groups -OCH3 is 1. The molecule has 2 saturated heterocycles. The normalized spacial score (nSPS) is 18.5. The first kappa shape index (κ1) is 24.7. The third kappa shape index (κ3) is 5.60. The summed E-state index contributed by atoms with van der Waals surface area (Å²) in [5.74, 6) is -0.0776. The zero-order chi connectivity index (χ0) is 24.1. The Morgan fingerprint density at radius 2 is 1.74 bits per heavy atom. The first-order valence-corrected chi connectivity index (χ1v) is 13.2. The van der Waals surface area contributed by atoms with E-state index in [1.807, 2.05) is 31.2 Å². The van der Waals surface area contributed by atoms with Gasteiger partial charge in [-0.2, -0.15) is 4.31 Å². The summed E-state index contributed by atoms with van der Waals surface area (Å²) in [6, 6.07) is 12.5.